The number of aromatic nitrogens is 6. The summed E-state index contributed by atoms with van der Waals surface area (Å²) in [6, 6.07) is 8.19. The summed E-state index contributed by atoms with van der Waals surface area (Å²) in [5.74, 6) is 1.70. The molecule has 1 saturated heterocycles. The SMILES string of the molecule is Cc1cncc(-c2cc3c(cn2)cnn3-c2cccc(N3CCCC(N)C3)n2)n1. The number of hydrogen-bond donors (Lipinski definition) is 1. The van der Waals surface area contributed by atoms with Crippen molar-refractivity contribution in [3.8, 4) is 17.2 Å². The number of anilines is 1. The van der Waals surface area contributed by atoms with Crippen molar-refractivity contribution in [2.45, 2.75) is 25.8 Å². The Morgan fingerprint density at radius 3 is 2.79 bits per heavy atom. The molecule has 0 radical (unpaired) electrons. The molecule has 0 amide bonds. The second kappa shape index (κ2) is 7.21. The third-order valence-corrected chi connectivity index (χ3v) is 5.19. The third kappa shape index (κ3) is 3.42. The minimum atomic E-state index is 0.198. The molecular weight excluding hydrogens is 364 g/mol. The molecule has 8 nitrogen and oxygen atoms in total. The lowest BCUT2D eigenvalue weighted by molar-refractivity contribution is 0.503. The van der Waals surface area contributed by atoms with Crippen LogP contribution in [0.5, 0.6) is 0 Å². The summed E-state index contributed by atoms with van der Waals surface area (Å²) >= 11 is 0. The van der Waals surface area contributed by atoms with Gasteiger partial charge in [0.25, 0.3) is 0 Å². The van der Waals surface area contributed by atoms with Crippen LogP contribution in [0.2, 0.25) is 0 Å². The average molecular weight is 386 g/mol. The van der Waals surface area contributed by atoms with Crippen LogP contribution >= 0.6 is 0 Å². The predicted molar refractivity (Wildman–Crippen MR) is 112 cm³/mol. The minimum Gasteiger partial charge on any atom is -0.355 e. The van der Waals surface area contributed by atoms with E-state index in [1.54, 1.807) is 18.6 Å². The first-order chi connectivity index (χ1) is 14.2. The molecule has 5 heterocycles. The fraction of sp³-hybridized carbons (Fsp3) is 0.286. The topological polar surface area (TPSA) is 98.6 Å². The summed E-state index contributed by atoms with van der Waals surface area (Å²) in [5.41, 5.74) is 9.43. The Morgan fingerprint density at radius 1 is 1.03 bits per heavy atom. The molecular formula is C21H22N8. The highest BCUT2D eigenvalue weighted by Crippen LogP contribution is 2.24. The second-order valence-electron chi connectivity index (χ2n) is 7.43. The Bertz CT molecular complexity index is 1170. The van der Waals surface area contributed by atoms with E-state index < -0.39 is 0 Å². The van der Waals surface area contributed by atoms with E-state index in [0.29, 0.717) is 0 Å². The first-order valence-electron chi connectivity index (χ1n) is 9.78. The lowest BCUT2D eigenvalue weighted by atomic mass is 10.1. The molecule has 1 atom stereocenters. The van der Waals surface area contributed by atoms with E-state index in [9.17, 15) is 0 Å². The molecule has 0 spiro atoms. The van der Waals surface area contributed by atoms with Crippen LogP contribution < -0.4 is 10.6 Å². The Morgan fingerprint density at radius 2 is 1.93 bits per heavy atom. The molecule has 0 aromatic carbocycles. The van der Waals surface area contributed by atoms with E-state index in [2.05, 4.69) is 25.0 Å². The normalized spacial score (nSPS) is 17.0. The number of aryl methyl sites for hydroxylation is 1. The van der Waals surface area contributed by atoms with Crippen molar-refractivity contribution in [2.24, 2.45) is 5.73 Å². The lowest BCUT2D eigenvalue weighted by Crippen LogP contribution is -2.43. The van der Waals surface area contributed by atoms with Gasteiger partial charge in [-0.05, 0) is 38.0 Å². The summed E-state index contributed by atoms with van der Waals surface area (Å²) in [6.07, 6.45) is 9.22. The lowest BCUT2D eigenvalue weighted by Gasteiger charge is -2.31. The molecule has 1 aliphatic heterocycles. The van der Waals surface area contributed by atoms with E-state index in [4.69, 9.17) is 10.7 Å². The van der Waals surface area contributed by atoms with Gasteiger partial charge in [-0.2, -0.15) is 5.10 Å². The fourth-order valence-electron chi connectivity index (χ4n) is 3.75. The Kier molecular flexibility index (Phi) is 4.40. The van der Waals surface area contributed by atoms with E-state index in [0.717, 1.165) is 65.6 Å². The highest BCUT2D eigenvalue weighted by Gasteiger charge is 2.18. The Labute approximate surface area is 168 Å². The van der Waals surface area contributed by atoms with Gasteiger partial charge in [-0.15, -0.1) is 0 Å². The van der Waals surface area contributed by atoms with Gasteiger partial charge < -0.3 is 10.6 Å². The maximum atomic E-state index is 6.15. The van der Waals surface area contributed by atoms with Crippen molar-refractivity contribution in [1.82, 2.24) is 29.7 Å². The van der Waals surface area contributed by atoms with Crippen molar-refractivity contribution in [2.75, 3.05) is 18.0 Å². The Hall–Kier alpha value is -3.39. The first-order valence-corrected chi connectivity index (χ1v) is 9.78. The van der Waals surface area contributed by atoms with Crippen LogP contribution in [0, 0.1) is 6.92 Å². The number of nitrogens with zero attached hydrogens (tertiary/aromatic N) is 7. The number of nitrogens with two attached hydrogens (primary N) is 1. The molecule has 0 saturated carbocycles. The number of rotatable bonds is 3. The largest absolute Gasteiger partial charge is 0.355 e. The fourth-order valence-corrected chi connectivity index (χ4v) is 3.75. The van der Waals surface area contributed by atoms with Crippen molar-refractivity contribution in [3.63, 3.8) is 0 Å². The maximum Gasteiger partial charge on any atom is 0.156 e. The molecule has 5 rings (SSSR count). The van der Waals surface area contributed by atoms with Crippen molar-refractivity contribution in [3.05, 3.63) is 54.7 Å². The zero-order valence-electron chi connectivity index (χ0n) is 16.2. The van der Waals surface area contributed by atoms with Crippen LogP contribution in [0.25, 0.3) is 28.1 Å². The summed E-state index contributed by atoms with van der Waals surface area (Å²) < 4.78 is 1.84. The number of hydrogen-bond acceptors (Lipinski definition) is 7. The van der Waals surface area contributed by atoms with Gasteiger partial charge in [-0.1, -0.05) is 6.07 Å². The smallest absolute Gasteiger partial charge is 0.156 e. The summed E-state index contributed by atoms with van der Waals surface area (Å²) in [7, 11) is 0. The first kappa shape index (κ1) is 17.7. The molecule has 29 heavy (non-hydrogen) atoms. The van der Waals surface area contributed by atoms with Gasteiger partial charge in [0.2, 0.25) is 0 Å². The van der Waals surface area contributed by atoms with E-state index >= 15 is 0 Å². The van der Waals surface area contributed by atoms with Crippen LogP contribution in [-0.2, 0) is 0 Å². The van der Waals surface area contributed by atoms with Crippen LogP contribution in [0.15, 0.2) is 49.1 Å². The van der Waals surface area contributed by atoms with Gasteiger partial charge in [0, 0.05) is 36.9 Å². The molecule has 4 aromatic heterocycles. The van der Waals surface area contributed by atoms with Gasteiger partial charge in [-0.3, -0.25) is 9.97 Å². The van der Waals surface area contributed by atoms with E-state index in [-0.39, 0.29) is 6.04 Å². The zero-order chi connectivity index (χ0) is 19.8. The second-order valence-corrected chi connectivity index (χ2v) is 7.43. The molecule has 0 aliphatic carbocycles. The van der Waals surface area contributed by atoms with Gasteiger partial charge >= 0.3 is 0 Å². The number of pyridine rings is 2. The maximum absolute atomic E-state index is 6.15. The van der Waals surface area contributed by atoms with Crippen LogP contribution in [0.3, 0.4) is 0 Å². The van der Waals surface area contributed by atoms with Crippen molar-refractivity contribution >= 4 is 16.7 Å². The van der Waals surface area contributed by atoms with E-state index in [1.807, 2.05) is 42.1 Å². The van der Waals surface area contributed by atoms with Gasteiger partial charge in [-0.25, -0.2) is 14.6 Å². The van der Waals surface area contributed by atoms with Gasteiger partial charge in [0.15, 0.2) is 5.82 Å². The van der Waals surface area contributed by atoms with Gasteiger partial charge in [0.1, 0.15) is 11.5 Å². The third-order valence-electron chi connectivity index (χ3n) is 5.19. The molecule has 1 unspecified atom stereocenters. The van der Waals surface area contributed by atoms with Crippen LogP contribution in [0.1, 0.15) is 18.5 Å². The van der Waals surface area contributed by atoms with Crippen LogP contribution in [-0.4, -0.2) is 48.8 Å². The number of piperidine rings is 1. The van der Waals surface area contributed by atoms with Crippen LogP contribution in [0.4, 0.5) is 5.82 Å². The average Bonchev–Trinajstić information content (AvgIpc) is 3.17. The molecule has 4 aromatic rings. The molecule has 1 aliphatic rings. The summed E-state index contributed by atoms with van der Waals surface area (Å²) in [5, 5.41) is 5.50. The van der Waals surface area contributed by atoms with E-state index in [1.165, 1.54) is 0 Å². The minimum absolute atomic E-state index is 0.198. The standard InChI is InChI=1S/C21H22N8/c1-14-9-23-12-18(26-14)17-8-19-15(10-24-17)11-25-29(19)21-6-2-5-20(27-21)28-7-3-4-16(22)13-28/h2,5-6,8-12,16H,3-4,7,13,22H2,1H3. The zero-order valence-corrected chi connectivity index (χ0v) is 16.2. The number of fused-ring (bicyclic) bond motifs is 1. The molecule has 146 valence electrons. The summed E-state index contributed by atoms with van der Waals surface area (Å²) in [4.78, 5) is 20.4. The van der Waals surface area contributed by atoms with Gasteiger partial charge in [0.05, 0.1) is 29.3 Å². The monoisotopic (exact) mass is 386 g/mol. The molecule has 0 bridgehead atoms. The predicted octanol–water partition coefficient (Wildman–Crippen LogP) is 2.51. The Balaban J connectivity index is 1.55. The highest BCUT2D eigenvalue weighted by atomic mass is 15.3. The molecule has 1 fully saturated rings. The molecule has 2 N–H and O–H groups in total. The quantitative estimate of drug-likeness (QED) is 0.577. The highest BCUT2D eigenvalue weighted by molar-refractivity contribution is 5.82. The molecule has 8 heteroatoms. The van der Waals surface area contributed by atoms with Crippen molar-refractivity contribution in [1.29, 1.82) is 0 Å². The van der Waals surface area contributed by atoms with Crippen molar-refractivity contribution < 1.29 is 0 Å². The summed E-state index contributed by atoms with van der Waals surface area (Å²) in [6.45, 7) is 3.72.